The normalized spacial score (nSPS) is 11.3. The van der Waals surface area contributed by atoms with Crippen molar-refractivity contribution in [2.75, 3.05) is 20.1 Å². The van der Waals surface area contributed by atoms with Crippen molar-refractivity contribution in [3.63, 3.8) is 0 Å². The molecule has 0 bridgehead atoms. The van der Waals surface area contributed by atoms with Crippen LogP contribution in [0.4, 0.5) is 0 Å². The molecule has 0 spiro atoms. The van der Waals surface area contributed by atoms with Crippen LogP contribution in [-0.4, -0.2) is 41.0 Å². The Morgan fingerprint density at radius 2 is 1.72 bits per heavy atom. The second kappa shape index (κ2) is 13.4. The molecule has 2 aromatic carbocycles. The predicted octanol–water partition coefficient (Wildman–Crippen LogP) is 4.55. The molecule has 5 nitrogen and oxygen atoms in total. The molecule has 0 radical (unpaired) electrons. The first kappa shape index (κ1) is 25.2. The SMILES string of the molecule is CC.Cc1cncc(CN(C)C(=O)c2ccc(CCNCC(O)c3ccccc3)cc2)c1. The van der Waals surface area contributed by atoms with Gasteiger partial charge in [0, 0.05) is 38.1 Å². The molecule has 0 aliphatic heterocycles. The molecule has 3 rings (SSSR count). The van der Waals surface area contributed by atoms with Gasteiger partial charge >= 0.3 is 0 Å². The summed E-state index contributed by atoms with van der Waals surface area (Å²) in [5.41, 5.74) is 4.85. The van der Waals surface area contributed by atoms with Crippen molar-refractivity contribution in [1.82, 2.24) is 15.2 Å². The van der Waals surface area contributed by atoms with Gasteiger partial charge in [0.15, 0.2) is 0 Å². The minimum Gasteiger partial charge on any atom is -0.387 e. The molecule has 0 saturated heterocycles. The Morgan fingerprint density at radius 1 is 1.03 bits per heavy atom. The van der Waals surface area contributed by atoms with Gasteiger partial charge in [-0.15, -0.1) is 0 Å². The molecule has 0 saturated carbocycles. The van der Waals surface area contributed by atoms with Crippen LogP contribution in [-0.2, 0) is 13.0 Å². The molecule has 0 aliphatic rings. The zero-order chi connectivity index (χ0) is 23.3. The number of carbonyl (C=O) groups excluding carboxylic acids is 1. The van der Waals surface area contributed by atoms with Crippen LogP contribution in [0.2, 0.25) is 0 Å². The molecular weight excluding hydrogens is 398 g/mol. The van der Waals surface area contributed by atoms with Crippen LogP contribution >= 0.6 is 0 Å². The summed E-state index contributed by atoms with van der Waals surface area (Å²) in [4.78, 5) is 18.6. The molecule has 1 aromatic heterocycles. The van der Waals surface area contributed by atoms with Crippen LogP contribution in [0.25, 0.3) is 0 Å². The van der Waals surface area contributed by atoms with E-state index < -0.39 is 6.10 Å². The van der Waals surface area contributed by atoms with Crippen molar-refractivity contribution in [2.45, 2.75) is 39.8 Å². The second-order valence-electron chi connectivity index (χ2n) is 7.61. The van der Waals surface area contributed by atoms with Gasteiger partial charge in [-0.2, -0.15) is 0 Å². The average Bonchev–Trinajstić information content (AvgIpc) is 2.83. The van der Waals surface area contributed by atoms with Gasteiger partial charge in [-0.25, -0.2) is 0 Å². The zero-order valence-electron chi connectivity index (χ0n) is 19.6. The maximum atomic E-state index is 12.7. The Balaban J connectivity index is 0.00000176. The maximum absolute atomic E-state index is 12.7. The van der Waals surface area contributed by atoms with E-state index in [-0.39, 0.29) is 5.91 Å². The van der Waals surface area contributed by atoms with Crippen molar-refractivity contribution >= 4 is 5.91 Å². The first-order valence-electron chi connectivity index (χ1n) is 11.2. The second-order valence-corrected chi connectivity index (χ2v) is 7.61. The predicted molar refractivity (Wildman–Crippen MR) is 131 cm³/mol. The summed E-state index contributed by atoms with van der Waals surface area (Å²) in [6, 6.07) is 19.4. The first-order chi connectivity index (χ1) is 15.5. The third-order valence-electron chi connectivity index (χ3n) is 5.01. The molecule has 1 heterocycles. The average molecular weight is 434 g/mol. The van der Waals surface area contributed by atoms with Gasteiger partial charge in [0.1, 0.15) is 0 Å². The van der Waals surface area contributed by atoms with E-state index in [4.69, 9.17) is 0 Å². The number of amides is 1. The van der Waals surface area contributed by atoms with Crippen LogP contribution in [0.1, 0.15) is 52.6 Å². The number of rotatable bonds is 9. The number of aryl methyl sites for hydroxylation is 1. The molecule has 0 fully saturated rings. The number of hydrogen-bond donors (Lipinski definition) is 2. The fourth-order valence-electron chi connectivity index (χ4n) is 3.35. The minimum absolute atomic E-state index is 0.00726. The molecule has 1 amide bonds. The largest absolute Gasteiger partial charge is 0.387 e. The summed E-state index contributed by atoms with van der Waals surface area (Å²) < 4.78 is 0. The van der Waals surface area contributed by atoms with Crippen LogP contribution in [0.5, 0.6) is 0 Å². The Morgan fingerprint density at radius 3 is 2.38 bits per heavy atom. The number of carbonyl (C=O) groups is 1. The molecule has 2 N–H and O–H groups in total. The highest BCUT2D eigenvalue weighted by Gasteiger charge is 2.12. The lowest BCUT2D eigenvalue weighted by Crippen LogP contribution is -2.26. The third-order valence-corrected chi connectivity index (χ3v) is 5.01. The van der Waals surface area contributed by atoms with Gasteiger partial charge in [0.2, 0.25) is 0 Å². The first-order valence-corrected chi connectivity index (χ1v) is 11.2. The Labute approximate surface area is 192 Å². The van der Waals surface area contributed by atoms with Crippen LogP contribution in [0, 0.1) is 6.92 Å². The summed E-state index contributed by atoms with van der Waals surface area (Å²) in [5, 5.41) is 13.5. The fraction of sp³-hybridized carbons (Fsp3) is 0.333. The highest BCUT2D eigenvalue weighted by atomic mass is 16.3. The molecule has 1 atom stereocenters. The Kier molecular flexibility index (Phi) is 10.6. The van der Waals surface area contributed by atoms with Crippen LogP contribution < -0.4 is 5.32 Å². The smallest absolute Gasteiger partial charge is 0.253 e. The number of aliphatic hydroxyl groups excluding tert-OH is 1. The minimum atomic E-state index is -0.509. The van der Waals surface area contributed by atoms with Gasteiger partial charge in [-0.1, -0.05) is 62.4 Å². The van der Waals surface area contributed by atoms with E-state index in [1.165, 1.54) is 0 Å². The van der Waals surface area contributed by atoms with Gasteiger partial charge in [0.25, 0.3) is 5.91 Å². The molecular formula is C27H35N3O2. The van der Waals surface area contributed by atoms with Gasteiger partial charge in [-0.05, 0) is 54.3 Å². The Hall–Kier alpha value is -3.02. The van der Waals surface area contributed by atoms with E-state index in [0.717, 1.165) is 35.2 Å². The summed E-state index contributed by atoms with van der Waals surface area (Å²) in [6.45, 7) is 7.80. The summed E-state index contributed by atoms with van der Waals surface area (Å²) >= 11 is 0. The quantitative estimate of drug-likeness (QED) is 0.486. The van der Waals surface area contributed by atoms with Gasteiger partial charge in [-0.3, -0.25) is 9.78 Å². The summed E-state index contributed by atoms with van der Waals surface area (Å²) in [5.74, 6) is -0.00726. The highest BCUT2D eigenvalue weighted by molar-refractivity contribution is 5.94. The number of aromatic nitrogens is 1. The number of nitrogens with zero attached hydrogens (tertiary/aromatic N) is 2. The van der Waals surface area contributed by atoms with E-state index in [1.54, 1.807) is 24.3 Å². The van der Waals surface area contributed by atoms with E-state index in [9.17, 15) is 9.90 Å². The fourth-order valence-corrected chi connectivity index (χ4v) is 3.35. The van der Waals surface area contributed by atoms with E-state index in [2.05, 4.69) is 10.3 Å². The molecule has 1 unspecified atom stereocenters. The van der Waals surface area contributed by atoms with Gasteiger partial charge < -0.3 is 15.3 Å². The van der Waals surface area contributed by atoms with Crippen molar-refractivity contribution < 1.29 is 9.90 Å². The lowest BCUT2D eigenvalue weighted by molar-refractivity contribution is 0.0785. The number of aliphatic hydroxyl groups is 1. The molecule has 0 aliphatic carbocycles. The number of hydrogen-bond acceptors (Lipinski definition) is 4. The molecule has 170 valence electrons. The molecule has 3 aromatic rings. The third kappa shape index (κ3) is 7.91. The van der Waals surface area contributed by atoms with Crippen LogP contribution in [0.3, 0.4) is 0 Å². The number of nitrogens with one attached hydrogen (secondary N) is 1. The van der Waals surface area contributed by atoms with E-state index in [1.807, 2.05) is 81.4 Å². The summed E-state index contributed by atoms with van der Waals surface area (Å²) in [7, 11) is 1.81. The standard InChI is InChI=1S/C25H29N3O2.C2H6/c1-19-14-21(16-27-15-19)18-28(2)25(30)23-10-8-20(9-11-23)12-13-26-17-24(29)22-6-4-3-5-7-22;1-2/h3-11,14-16,24,26,29H,12-13,17-18H2,1-2H3;1-2H3. The van der Waals surface area contributed by atoms with Crippen LogP contribution in [0.15, 0.2) is 73.1 Å². The van der Waals surface area contributed by atoms with Crippen molar-refractivity contribution in [3.8, 4) is 0 Å². The van der Waals surface area contributed by atoms with Crippen molar-refractivity contribution in [3.05, 3.63) is 101 Å². The summed E-state index contributed by atoms with van der Waals surface area (Å²) in [6.07, 6.45) is 3.93. The molecule has 5 heteroatoms. The number of benzene rings is 2. The lowest BCUT2D eigenvalue weighted by Gasteiger charge is -2.17. The number of pyridine rings is 1. The highest BCUT2D eigenvalue weighted by Crippen LogP contribution is 2.12. The Bertz CT molecular complexity index is 943. The molecule has 32 heavy (non-hydrogen) atoms. The van der Waals surface area contributed by atoms with Crippen molar-refractivity contribution in [1.29, 1.82) is 0 Å². The van der Waals surface area contributed by atoms with Gasteiger partial charge in [0.05, 0.1) is 6.10 Å². The lowest BCUT2D eigenvalue weighted by atomic mass is 10.1. The van der Waals surface area contributed by atoms with E-state index in [0.29, 0.717) is 18.7 Å². The monoisotopic (exact) mass is 433 g/mol. The van der Waals surface area contributed by atoms with E-state index >= 15 is 0 Å². The maximum Gasteiger partial charge on any atom is 0.253 e. The van der Waals surface area contributed by atoms with Crippen molar-refractivity contribution in [2.24, 2.45) is 0 Å². The zero-order valence-corrected chi connectivity index (χ0v) is 19.6. The topological polar surface area (TPSA) is 65.5 Å².